The Bertz CT molecular complexity index is 951. The molecule has 0 N–H and O–H groups in total. The molecule has 2 heterocycles. The van der Waals surface area contributed by atoms with Crippen LogP contribution in [0.25, 0.3) is 11.8 Å². The minimum Gasteiger partial charge on any atom is -0.318 e. The summed E-state index contributed by atoms with van der Waals surface area (Å²) in [5.74, 6) is -0.768. The number of carbonyl (C=O) groups excluding carboxylic acids is 2. The summed E-state index contributed by atoms with van der Waals surface area (Å²) >= 11 is 8.62. The highest BCUT2D eigenvalue weighted by molar-refractivity contribution is 9.10. The van der Waals surface area contributed by atoms with Crippen molar-refractivity contribution in [3.8, 4) is 5.69 Å². The quantitative estimate of drug-likeness (QED) is 0.415. The molecule has 0 spiro atoms. The van der Waals surface area contributed by atoms with E-state index in [1.807, 2.05) is 44.2 Å². The number of halogens is 1. The third-order valence-electron chi connectivity index (χ3n) is 4.48. The first kappa shape index (κ1) is 18.5. The highest BCUT2D eigenvalue weighted by Gasteiger charge is 2.35. The number of aromatic nitrogens is 1. The Balaban J connectivity index is 2.10. The first-order valence-corrected chi connectivity index (χ1v) is 9.19. The summed E-state index contributed by atoms with van der Waals surface area (Å²) in [4.78, 5) is 27.7. The number of hydrogen-bond acceptors (Lipinski definition) is 3. The molecule has 1 aromatic heterocycles. The number of thiocarbonyl (C=S) groups is 1. The maximum Gasteiger partial charge on any atom is 0.265 e. The van der Waals surface area contributed by atoms with Gasteiger partial charge in [0.25, 0.3) is 11.8 Å². The molecular formula is C19H18BrN3O2S. The van der Waals surface area contributed by atoms with E-state index in [1.54, 1.807) is 20.2 Å². The zero-order valence-corrected chi connectivity index (χ0v) is 17.3. The number of hydrogen-bond donors (Lipinski definition) is 0. The predicted molar refractivity (Wildman–Crippen MR) is 109 cm³/mol. The maximum atomic E-state index is 12.5. The van der Waals surface area contributed by atoms with E-state index in [0.29, 0.717) is 0 Å². The number of likely N-dealkylation sites (N-methyl/N-ethyl adjacent to an activating group) is 2. The monoisotopic (exact) mass is 431 g/mol. The predicted octanol–water partition coefficient (Wildman–Crippen LogP) is 3.46. The van der Waals surface area contributed by atoms with Crippen LogP contribution in [0.15, 0.2) is 40.4 Å². The minimum atomic E-state index is -0.384. The summed E-state index contributed by atoms with van der Waals surface area (Å²) in [5.41, 5.74) is 3.91. The molecule has 26 heavy (non-hydrogen) atoms. The molecule has 1 aliphatic heterocycles. The molecule has 134 valence electrons. The SMILES string of the molecule is Cc1cc(C=C2C(=O)N(C)C(=S)N(C)C2=O)c(C)n1-c1cccc(Br)c1. The Morgan fingerprint density at radius 1 is 1.04 bits per heavy atom. The number of aryl methyl sites for hydroxylation is 1. The molecule has 0 radical (unpaired) electrons. The topological polar surface area (TPSA) is 45.6 Å². The highest BCUT2D eigenvalue weighted by Crippen LogP contribution is 2.26. The lowest BCUT2D eigenvalue weighted by molar-refractivity contribution is -0.132. The van der Waals surface area contributed by atoms with Crippen molar-refractivity contribution < 1.29 is 9.59 Å². The second-order valence-electron chi connectivity index (χ2n) is 6.21. The molecule has 7 heteroatoms. The van der Waals surface area contributed by atoms with E-state index >= 15 is 0 Å². The number of carbonyl (C=O) groups is 2. The van der Waals surface area contributed by atoms with Crippen molar-refractivity contribution in [1.29, 1.82) is 0 Å². The lowest BCUT2D eigenvalue weighted by Crippen LogP contribution is -2.52. The third-order valence-corrected chi connectivity index (χ3v) is 5.52. The molecule has 5 nitrogen and oxygen atoms in total. The van der Waals surface area contributed by atoms with Gasteiger partial charge in [-0.15, -0.1) is 0 Å². The third kappa shape index (κ3) is 3.01. The molecule has 0 aliphatic carbocycles. The van der Waals surface area contributed by atoms with Crippen molar-refractivity contribution in [3.05, 3.63) is 57.3 Å². The smallest absolute Gasteiger partial charge is 0.265 e. The van der Waals surface area contributed by atoms with Crippen LogP contribution in [0, 0.1) is 13.8 Å². The van der Waals surface area contributed by atoms with Crippen molar-refractivity contribution in [2.45, 2.75) is 13.8 Å². The number of benzene rings is 1. The van der Waals surface area contributed by atoms with Crippen LogP contribution in [0.3, 0.4) is 0 Å². The minimum absolute atomic E-state index is 0.109. The lowest BCUT2D eigenvalue weighted by Gasteiger charge is -2.31. The molecule has 1 aliphatic rings. The summed E-state index contributed by atoms with van der Waals surface area (Å²) in [5, 5.41) is 0.205. The summed E-state index contributed by atoms with van der Waals surface area (Å²) in [6, 6.07) is 9.94. The van der Waals surface area contributed by atoms with Gasteiger partial charge in [-0.1, -0.05) is 22.0 Å². The van der Waals surface area contributed by atoms with Crippen LogP contribution in [0.1, 0.15) is 17.0 Å². The average molecular weight is 432 g/mol. The molecule has 0 saturated carbocycles. The van der Waals surface area contributed by atoms with E-state index in [1.165, 1.54) is 9.80 Å². The van der Waals surface area contributed by atoms with Gasteiger partial charge in [0.1, 0.15) is 5.57 Å². The lowest BCUT2D eigenvalue weighted by atomic mass is 10.1. The van der Waals surface area contributed by atoms with Gasteiger partial charge in [0.05, 0.1) is 0 Å². The van der Waals surface area contributed by atoms with Crippen molar-refractivity contribution >= 4 is 51.2 Å². The summed E-state index contributed by atoms with van der Waals surface area (Å²) in [7, 11) is 3.15. The van der Waals surface area contributed by atoms with Crippen LogP contribution >= 0.6 is 28.1 Å². The largest absolute Gasteiger partial charge is 0.318 e. The molecular weight excluding hydrogens is 414 g/mol. The summed E-state index contributed by atoms with van der Waals surface area (Å²) in [6.45, 7) is 3.96. The van der Waals surface area contributed by atoms with Crippen LogP contribution in [0.2, 0.25) is 0 Å². The molecule has 1 fully saturated rings. The Kier molecular flexibility index (Phi) is 4.86. The van der Waals surface area contributed by atoms with E-state index in [-0.39, 0.29) is 22.5 Å². The van der Waals surface area contributed by atoms with E-state index in [9.17, 15) is 9.59 Å². The van der Waals surface area contributed by atoms with E-state index in [4.69, 9.17) is 12.2 Å². The van der Waals surface area contributed by atoms with Crippen LogP contribution in [-0.4, -0.2) is 45.4 Å². The van der Waals surface area contributed by atoms with Gasteiger partial charge in [-0.05, 0) is 62.0 Å². The van der Waals surface area contributed by atoms with Gasteiger partial charge in [0.2, 0.25) is 0 Å². The second-order valence-corrected chi connectivity index (χ2v) is 7.49. The van der Waals surface area contributed by atoms with E-state index < -0.39 is 0 Å². The molecule has 0 unspecified atom stereocenters. The fourth-order valence-corrected chi connectivity index (χ4v) is 3.63. The second kappa shape index (κ2) is 6.81. The van der Waals surface area contributed by atoms with Crippen molar-refractivity contribution in [2.75, 3.05) is 14.1 Å². The van der Waals surface area contributed by atoms with Crippen LogP contribution in [-0.2, 0) is 9.59 Å². The van der Waals surface area contributed by atoms with Gasteiger partial charge < -0.3 is 4.57 Å². The molecule has 0 atom stereocenters. The summed E-state index contributed by atoms with van der Waals surface area (Å²) in [6.07, 6.45) is 1.65. The number of nitrogens with zero attached hydrogens (tertiary/aromatic N) is 3. The van der Waals surface area contributed by atoms with Gasteiger partial charge in [-0.2, -0.15) is 0 Å². The molecule has 1 aromatic carbocycles. The van der Waals surface area contributed by atoms with Crippen LogP contribution in [0.4, 0.5) is 0 Å². The van der Waals surface area contributed by atoms with E-state index in [0.717, 1.165) is 27.1 Å². The summed E-state index contributed by atoms with van der Waals surface area (Å²) < 4.78 is 3.07. The standard InChI is InChI=1S/C19H18BrN3O2S/c1-11-8-13(12(2)23(11)15-7-5-6-14(20)10-15)9-16-17(24)21(3)19(26)22(4)18(16)25/h5-10H,1-4H3. The molecule has 1 saturated heterocycles. The Morgan fingerprint density at radius 3 is 2.23 bits per heavy atom. The van der Waals surface area contributed by atoms with Crippen molar-refractivity contribution in [1.82, 2.24) is 14.4 Å². The molecule has 2 amide bonds. The van der Waals surface area contributed by atoms with Crippen molar-refractivity contribution in [3.63, 3.8) is 0 Å². The zero-order valence-electron chi connectivity index (χ0n) is 14.9. The van der Waals surface area contributed by atoms with Crippen molar-refractivity contribution in [2.24, 2.45) is 0 Å². The molecule has 3 rings (SSSR count). The molecule has 2 aromatic rings. The van der Waals surface area contributed by atoms with Gasteiger partial charge >= 0.3 is 0 Å². The molecule has 0 bridgehead atoms. The maximum absolute atomic E-state index is 12.5. The normalized spacial score (nSPS) is 15.1. The fraction of sp³-hybridized carbons (Fsp3) is 0.211. The number of rotatable bonds is 2. The number of amides is 2. The van der Waals surface area contributed by atoms with Crippen LogP contribution < -0.4 is 0 Å². The Labute approximate surface area is 166 Å². The first-order valence-electron chi connectivity index (χ1n) is 7.99. The van der Waals surface area contributed by atoms with Gasteiger partial charge in [-0.25, -0.2) is 0 Å². The van der Waals surface area contributed by atoms with Gasteiger partial charge in [0.15, 0.2) is 5.11 Å². The fourth-order valence-electron chi connectivity index (χ4n) is 3.08. The first-order chi connectivity index (χ1) is 12.2. The van der Waals surface area contributed by atoms with Gasteiger partial charge in [0, 0.05) is 35.6 Å². The Hall–Kier alpha value is -2.25. The highest BCUT2D eigenvalue weighted by atomic mass is 79.9. The average Bonchev–Trinajstić information content (AvgIpc) is 2.88. The van der Waals surface area contributed by atoms with E-state index in [2.05, 4.69) is 20.5 Å². The Morgan fingerprint density at radius 2 is 1.65 bits per heavy atom. The zero-order chi connectivity index (χ0) is 19.2. The van der Waals surface area contributed by atoms with Crippen LogP contribution in [0.5, 0.6) is 0 Å². The van der Waals surface area contributed by atoms with Gasteiger partial charge in [-0.3, -0.25) is 19.4 Å².